The Labute approximate surface area is 132 Å². The van der Waals surface area contributed by atoms with E-state index in [0.29, 0.717) is 5.91 Å². The van der Waals surface area contributed by atoms with E-state index in [-0.39, 0.29) is 5.92 Å². The summed E-state index contributed by atoms with van der Waals surface area (Å²) in [6.45, 7) is 10.9. The molecule has 1 aliphatic heterocycles. The molecule has 0 atom stereocenters. The van der Waals surface area contributed by atoms with E-state index < -0.39 is 0 Å². The van der Waals surface area contributed by atoms with Crippen molar-refractivity contribution < 1.29 is 4.79 Å². The zero-order valence-electron chi connectivity index (χ0n) is 13.5. The van der Waals surface area contributed by atoms with Gasteiger partial charge in [0.25, 0.3) is 0 Å². The minimum absolute atomic E-state index is 0.210. The van der Waals surface area contributed by atoms with E-state index in [1.165, 1.54) is 10.7 Å². The van der Waals surface area contributed by atoms with Crippen LogP contribution in [-0.2, 0) is 17.8 Å². The molecule has 1 saturated heterocycles. The number of thiazole rings is 1. The summed E-state index contributed by atoms with van der Waals surface area (Å²) in [5.74, 6) is 0.559. The molecule has 21 heavy (non-hydrogen) atoms. The molecule has 2 rings (SSSR count). The van der Waals surface area contributed by atoms with E-state index in [4.69, 9.17) is 0 Å². The molecule has 1 amide bonds. The Morgan fingerprint density at radius 3 is 2.43 bits per heavy atom. The summed E-state index contributed by atoms with van der Waals surface area (Å²) in [4.78, 5) is 21.4. The van der Waals surface area contributed by atoms with Crippen LogP contribution < -0.4 is 0 Å². The third-order valence-corrected chi connectivity index (χ3v) is 5.35. The molecule has 1 aromatic rings. The molecule has 0 aromatic carbocycles. The first-order valence-electron chi connectivity index (χ1n) is 8.12. The van der Waals surface area contributed by atoms with E-state index in [1.54, 1.807) is 11.3 Å². The third kappa shape index (κ3) is 4.27. The van der Waals surface area contributed by atoms with Crippen molar-refractivity contribution in [2.75, 3.05) is 26.2 Å². The van der Waals surface area contributed by atoms with Crippen molar-refractivity contribution in [1.29, 1.82) is 0 Å². The second kappa shape index (κ2) is 7.90. The third-order valence-electron chi connectivity index (χ3n) is 4.31. The van der Waals surface area contributed by atoms with E-state index in [9.17, 15) is 4.79 Å². The van der Waals surface area contributed by atoms with Crippen LogP contribution in [0, 0.1) is 5.92 Å². The van der Waals surface area contributed by atoms with Crippen LogP contribution in [0.25, 0.3) is 0 Å². The SMILES string of the molecule is CCc1nc(CN2CCN(C(=O)C(CC)CC)CC2)cs1. The van der Waals surface area contributed by atoms with Gasteiger partial charge in [-0.15, -0.1) is 11.3 Å². The standard InChI is InChI=1S/C16H27N3OS/c1-4-13(5-2)16(20)19-9-7-18(8-10-19)11-14-12-21-15(6-3)17-14/h12-13H,4-11H2,1-3H3. The predicted molar refractivity (Wildman–Crippen MR) is 87.4 cm³/mol. The topological polar surface area (TPSA) is 36.4 Å². The van der Waals surface area contributed by atoms with Crippen LogP contribution in [-0.4, -0.2) is 46.9 Å². The smallest absolute Gasteiger partial charge is 0.225 e. The average Bonchev–Trinajstić information content (AvgIpc) is 2.97. The lowest BCUT2D eigenvalue weighted by molar-refractivity contribution is -0.137. The Hall–Kier alpha value is -0.940. The molecule has 2 heterocycles. The first kappa shape index (κ1) is 16.4. The zero-order chi connectivity index (χ0) is 15.2. The number of aromatic nitrogens is 1. The molecule has 0 radical (unpaired) electrons. The lowest BCUT2D eigenvalue weighted by atomic mass is 10.0. The van der Waals surface area contributed by atoms with Gasteiger partial charge in [0.1, 0.15) is 0 Å². The summed E-state index contributed by atoms with van der Waals surface area (Å²) < 4.78 is 0. The molecule has 0 spiro atoms. The maximum Gasteiger partial charge on any atom is 0.225 e. The van der Waals surface area contributed by atoms with E-state index in [2.05, 4.69) is 36.0 Å². The molecule has 0 aliphatic carbocycles. The lowest BCUT2D eigenvalue weighted by Gasteiger charge is -2.36. The molecule has 5 heteroatoms. The van der Waals surface area contributed by atoms with Crippen LogP contribution in [0.5, 0.6) is 0 Å². The largest absolute Gasteiger partial charge is 0.340 e. The van der Waals surface area contributed by atoms with Crippen molar-refractivity contribution in [3.05, 3.63) is 16.1 Å². The Balaban J connectivity index is 1.81. The number of amides is 1. The molecule has 1 aliphatic rings. The van der Waals surface area contributed by atoms with Gasteiger partial charge in [-0.1, -0.05) is 20.8 Å². The van der Waals surface area contributed by atoms with Crippen molar-refractivity contribution in [1.82, 2.24) is 14.8 Å². The number of hydrogen-bond acceptors (Lipinski definition) is 4. The van der Waals surface area contributed by atoms with E-state index >= 15 is 0 Å². The average molecular weight is 309 g/mol. The summed E-state index contributed by atoms with van der Waals surface area (Å²) in [5, 5.41) is 3.38. The van der Waals surface area contributed by atoms with E-state index in [1.807, 2.05) is 4.90 Å². The summed E-state index contributed by atoms with van der Waals surface area (Å²) >= 11 is 1.75. The number of aryl methyl sites for hydroxylation is 1. The Bertz CT molecular complexity index is 448. The van der Waals surface area contributed by atoms with Gasteiger partial charge in [0.2, 0.25) is 5.91 Å². The minimum Gasteiger partial charge on any atom is -0.340 e. The quantitative estimate of drug-likeness (QED) is 0.811. The molecule has 0 N–H and O–H groups in total. The van der Waals surface area contributed by atoms with Gasteiger partial charge < -0.3 is 4.90 Å². The van der Waals surface area contributed by atoms with Crippen molar-refractivity contribution in [3.8, 4) is 0 Å². The molecule has 0 saturated carbocycles. The second-order valence-electron chi connectivity index (χ2n) is 5.70. The highest BCUT2D eigenvalue weighted by Gasteiger charge is 2.25. The van der Waals surface area contributed by atoms with Gasteiger partial charge in [0.15, 0.2) is 0 Å². The van der Waals surface area contributed by atoms with Crippen LogP contribution in [0.15, 0.2) is 5.38 Å². The van der Waals surface area contributed by atoms with Crippen LogP contribution in [0.3, 0.4) is 0 Å². The Morgan fingerprint density at radius 1 is 1.24 bits per heavy atom. The predicted octanol–water partition coefficient (Wildman–Crippen LogP) is 2.79. The minimum atomic E-state index is 0.210. The van der Waals surface area contributed by atoms with Gasteiger partial charge in [-0.25, -0.2) is 4.98 Å². The van der Waals surface area contributed by atoms with Crippen LogP contribution in [0.1, 0.15) is 44.3 Å². The van der Waals surface area contributed by atoms with Crippen molar-refractivity contribution in [2.24, 2.45) is 5.92 Å². The number of piperazine rings is 1. The van der Waals surface area contributed by atoms with Crippen molar-refractivity contribution >= 4 is 17.2 Å². The second-order valence-corrected chi connectivity index (χ2v) is 6.64. The fraction of sp³-hybridized carbons (Fsp3) is 0.750. The lowest BCUT2D eigenvalue weighted by Crippen LogP contribution is -2.49. The molecule has 4 nitrogen and oxygen atoms in total. The van der Waals surface area contributed by atoms with Crippen LogP contribution >= 0.6 is 11.3 Å². The number of carbonyl (C=O) groups excluding carboxylic acids is 1. The molecule has 0 unspecified atom stereocenters. The molecule has 1 fully saturated rings. The summed E-state index contributed by atoms with van der Waals surface area (Å²) in [6, 6.07) is 0. The van der Waals surface area contributed by atoms with Gasteiger partial charge >= 0.3 is 0 Å². The number of nitrogens with zero attached hydrogens (tertiary/aromatic N) is 3. The monoisotopic (exact) mass is 309 g/mol. The highest BCUT2D eigenvalue weighted by molar-refractivity contribution is 7.09. The first-order chi connectivity index (χ1) is 10.2. The van der Waals surface area contributed by atoms with Crippen LogP contribution in [0.2, 0.25) is 0 Å². The fourth-order valence-corrected chi connectivity index (χ4v) is 3.57. The number of carbonyl (C=O) groups is 1. The molecular weight excluding hydrogens is 282 g/mol. The summed E-state index contributed by atoms with van der Waals surface area (Å²) in [7, 11) is 0. The van der Waals surface area contributed by atoms with Gasteiger partial charge in [0.05, 0.1) is 10.7 Å². The van der Waals surface area contributed by atoms with E-state index in [0.717, 1.165) is 52.0 Å². The highest BCUT2D eigenvalue weighted by Crippen LogP contribution is 2.16. The molecule has 118 valence electrons. The zero-order valence-corrected chi connectivity index (χ0v) is 14.3. The van der Waals surface area contributed by atoms with Crippen molar-refractivity contribution in [3.63, 3.8) is 0 Å². The Morgan fingerprint density at radius 2 is 1.90 bits per heavy atom. The fourth-order valence-electron chi connectivity index (χ4n) is 2.84. The number of rotatable bonds is 6. The molecule has 0 bridgehead atoms. The van der Waals surface area contributed by atoms with Gasteiger partial charge in [-0.3, -0.25) is 9.69 Å². The molecular formula is C16H27N3OS. The van der Waals surface area contributed by atoms with Crippen molar-refractivity contribution in [2.45, 2.75) is 46.6 Å². The first-order valence-corrected chi connectivity index (χ1v) is 9.00. The van der Waals surface area contributed by atoms with Gasteiger partial charge in [0, 0.05) is 44.0 Å². The Kier molecular flexibility index (Phi) is 6.18. The van der Waals surface area contributed by atoms with Gasteiger partial charge in [-0.05, 0) is 19.3 Å². The van der Waals surface area contributed by atoms with Crippen LogP contribution in [0.4, 0.5) is 0 Å². The normalized spacial score (nSPS) is 16.7. The molecule has 1 aromatic heterocycles. The highest BCUT2D eigenvalue weighted by atomic mass is 32.1. The maximum atomic E-state index is 12.4. The summed E-state index contributed by atoms with van der Waals surface area (Å²) in [5.41, 5.74) is 1.18. The van der Waals surface area contributed by atoms with Gasteiger partial charge in [-0.2, -0.15) is 0 Å². The maximum absolute atomic E-state index is 12.4. The summed E-state index contributed by atoms with van der Waals surface area (Å²) in [6.07, 6.45) is 2.92. The number of hydrogen-bond donors (Lipinski definition) is 0.